The number of nitrogens with one attached hydrogen (secondary N) is 1. The van der Waals surface area contributed by atoms with Crippen LogP contribution in [0.5, 0.6) is 0 Å². The second kappa shape index (κ2) is 8.72. The Hall–Kier alpha value is -0.570. The van der Waals surface area contributed by atoms with Crippen molar-refractivity contribution >= 4 is 5.91 Å². The summed E-state index contributed by atoms with van der Waals surface area (Å²) in [6, 6.07) is 0.242. The standard InChI is InChI=1S/C12H26N2O/c1-5-6-7-8-9-14(4)10-12(15)13-11(2)3/h11H,5-10H2,1-4H3,(H,13,15). The van der Waals surface area contributed by atoms with Crippen LogP contribution in [0.1, 0.15) is 46.5 Å². The van der Waals surface area contributed by atoms with E-state index in [0.29, 0.717) is 6.54 Å². The van der Waals surface area contributed by atoms with Crippen molar-refractivity contribution in [3.05, 3.63) is 0 Å². The maximum Gasteiger partial charge on any atom is 0.234 e. The van der Waals surface area contributed by atoms with E-state index < -0.39 is 0 Å². The second-order valence-electron chi connectivity index (χ2n) is 4.52. The molecule has 0 spiro atoms. The number of carbonyl (C=O) groups excluding carboxylic acids is 1. The molecule has 0 aromatic heterocycles. The van der Waals surface area contributed by atoms with Gasteiger partial charge in [0.05, 0.1) is 6.54 Å². The summed E-state index contributed by atoms with van der Waals surface area (Å²) in [7, 11) is 2.01. The monoisotopic (exact) mass is 214 g/mol. The molecule has 0 aliphatic carbocycles. The lowest BCUT2D eigenvalue weighted by Crippen LogP contribution is -2.38. The van der Waals surface area contributed by atoms with Gasteiger partial charge in [0.15, 0.2) is 0 Å². The molecule has 1 N–H and O–H groups in total. The van der Waals surface area contributed by atoms with E-state index in [1.807, 2.05) is 20.9 Å². The van der Waals surface area contributed by atoms with Gasteiger partial charge in [-0.05, 0) is 33.9 Å². The molecule has 1 amide bonds. The first-order valence-electron chi connectivity index (χ1n) is 6.04. The van der Waals surface area contributed by atoms with Crippen LogP contribution in [0.15, 0.2) is 0 Å². The molecule has 3 nitrogen and oxygen atoms in total. The molecule has 15 heavy (non-hydrogen) atoms. The molecule has 0 heterocycles. The first-order valence-corrected chi connectivity index (χ1v) is 6.04. The van der Waals surface area contributed by atoms with Gasteiger partial charge in [-0.3, -0.25) is 9.69 Å². The Morgan fingerprint density at radius 3 is 2.47 bits per heavy atom. The van der Waals surface area contributed by atoms with Gasteiger partial charge in [-0.25, -0.2) is 0 Å². The molecule has 0 atom stereocenters. The molecule has 0 aromatic carbocycles. The molecule has 0 saturated heterocycles. The highest BCUT2D eigenvalue weighted by atomic mass is 16.2. The summed E-state index contributed by atoms with van der Waals surface area (Å²) in [6.45, 7) is 7.72. The Labute approximate surface area is 94.2 Å². The number of amides is 1. The average Bonchev–Trinajstić information content (AvgIpc) is 2.10. The van der Waals surface area contributed by atoms with Gasteiger partial charge in [0, 0.05) is 6.04 Å². The maximum absolute atomic E-state index is 11.4. The van der Waals surface area contributed by atoms with E-state index in [9.17, 15) is 4.79 Å². The fourth-order valence-electron chi connectivity index (χ4n) is 1.50. The van der Waals surface area contributed by atoms with Crippen molar-refractivity contribution in [2.45, 2.75) is 52.5 Å². The van der Waals surface area contributed by atoms with Crippen molar-refractivity contribution in [3.8, 4) is 0 Å². The van der Waals surface area contributed by atoms with E-state index >= 15 is 0 Å². The number of unbranched alkanes of at least 4 members (excludes halogenated alkanes) is 3. The van der Waals surface area contributed by atoms with Crippen molar-refractivity contribution in [3.63, 3.8) is 0 Å². The van der Waals surface area contributed by atoms with Gasteiger partial charge in [0.1, 0.15) is 0 Å². The van der Waals surface area contributed by atoms with Crippen molar-refractivity contribution < 1.29 is 4.79 Å². The second-order valence-corrected chi connectivity index (χ2v) is 4.52. The van der Waals surface area contributed by atoms with E-state index in [2.05, 4.69) is 17.1 Å². The highest BCUT2D eigenvalue weighted by Crippen LogP contribution is 1.99. The molecule has 0 aliphatic rings. The summed E-state index contributed by atoms with van der Waals surface area (Å²) in [4.78, 5) is 13.5. The molecule has 0 aromatic rings. The number of carbonyl (C=O) groups is 1. The maximum atomic E-state index is 11.4. The summed E-state index contributed by atoms with van der Waals surface area (Å²) in [5.41, 5.74) is 0. The fourth-order valence-corrected chi connectivity index (χ4v) is 1.50. The number of hydrogen-bond donors (Lipinski definition) is 1. The topological polar surface area (TPSA) is 32.3 Å². The Bertz CT molecular complexity index is 169. The summed E-state index contributed by atoms with van der Waals surface area (Å²) in [6.07, 6.45) is 5.02. The van der Waals surface area contributed by atoms with E-state index in [1.165, 1.54) is 25.7 Å². The first-order chi connectivity index (χ1) is 7.06. The van der Waals surface area contributed by atoms with Crippen molar-refractivity contribution in [2.75, 3.05) is 20.1 Å². The third kappa shape index (κ3) is 9.73. The number of rotatable bonds is 8. The quantitative estimate of drug-likeness (QED) is 0.627. The molecule has 0 unspecified atom stereocenters. The Kier molecular flexibility index (Phi) is 8.38. The molecule has 90 valence electrons. The minimum absolute atomic E-state index is 0.128. The van der Waals surface area contributed by atoms with Crippen LogP contribution in [-0.2, 0) is 4.79 Å². The van der Waals surface area contributed by atoms with Crippen molar-refractivity contribution in [2.24, 2.45) is 0 Å². The molecule has 0 saturated carbocycles. The zero-order chi connectivity index (χ0) is 11.7. The first kappa shape index (κ1) is 14.4. The predicted octanol–water partition coefficient (Wildman–Crippen LogP) is 2.02. The van der Waals surface area contributed by atoms with Gasteiger partial charge < -0.3 is 5.32 Å². The molecular formula is C12H26N2O. The van der Waals surface area contributed by atoms with E-state index in [4.69, 9.17) is 0 Å². The molecular weight excluding hydrogens is 188 g/mol. The zero-order valence-corrected chi connectivity index (χ0v) is 10.7. The summed E-state index contributed by atoms with van der Waals surface area (Å²) in [5.74, 6) is 0.128. The Morgan fingerprint density at radius 1 is 1.27 bits per heavy atom. The minimum atomic E-state index is 0.128. The summed E-state index contributed by atoms with van der Waals surface area (Å²) in [5, 5.41) is 2.89. The lowest BCUT2D eigenvalue weighted by atomic mass is 10.2. The van der Waals surface area contributed by atoms with Gasteiger partial charge in [0.2, 0.25) is 5.91 Å². The lowest BCUT2D eigenvalue weighted by Gasteiger charge is -2.17. The van der Waals surface area contributed by atoms with Crippen LogP contribution in [0, 0.1) is 0 Å². The third-order valence-corrected chi connectivity index (χ3v) is 2.26. The van der Waals surface area contributed by atoms with Crippen LogP contribution in [-0.4, -0.2) is 37.0 Å². The van der Waals surface area contributed by atoms with Gasteiger partial charge in [0.25, 0.3) is 0 Å². The van der Waals surface area contributed by atoms with E-state index in [1.54, 1.807) is 0 Å². The average molecular weight is 214 g/mol. The van der Waals surface area contributed by atoms with Crippen LogP contribution >= 0.6 is 0 Å². The largest absolute Gasteiger partial charge is 0.353 e. The molecule has 0 bridgehead atoms. The van der Waals surface area contributed by atoms with E-state index in [-0.39, 0.29) is 11.9 Å². The van der Waals surface area contributed by atoms with Crippen LogP contribution < -0.4 is 5.32 Å². The van der Waals surface area contributed by atoms with Gasteiger partial charge in [-0.2, -0.15) is 0 Å². The summed E-state index contributed by atoms with van der Waals surface area (Å²) < 4.78 is 0. The lowest BCUT2D eigenvalue weighted by molar-refractivity contribution is -0.122. The number of likely N-dealkylation sites (N-methyl/N-ethyl adjacent to an activating group) is 1. The van der Waals surface area contributed by atoms with E-state index in [0.717, 1.165) is 6.54 Å². The van der Waals surface area contributed by atoms with Gasteiger partial charge in [-0.15, -0.1) is 0 Å². The van der Waals surface area contributed by atoms with Gasteiger partial charge in [-0.1, -0.05) is 26.2 Å². The number of hydrogen-bond acceptors (Lipinski definition) is 2. The van der Waals surface area contributed by atoms with Crippen LogP contribution in [0.4, 0.5) is 0 Å². The van der Waals surface area contributed by atoms with Crippen molar-refractivity contribution in [1.82, 2.24) is 10.2 Å². The predicted molar refractivity (Wildman–Crippen MR) is 64.9 cm³/mol. The normalized spacial score (nSPS) is 11.1. The molecule has 0 rings (SSSR count). The highest BCUT2D eigenvalue weighted by Gasteiger charge is 2.06. The molecule has 0 aliphatic heterocycles. The Morgan fingerprint density at radius 2 is 1.93 bits per heavy atom. The van der Waals surface area contributed by atoms with Crippen LogP contribution in [0.2, 0.25) is 0 Å². The Balaban J connectivity index is 3.46. The number of nitrogens with zero attached hydrogens (tertiary/aromatic N) is 1. The van der Waals surface area contributed by atoms with Crippen LogP contribution in [0.3, 0.4) is 0 Å². The SMILES string of the molecule is CCCCCCN(C)CC(=O)NC(C)C. The molecule has 0 fully saturated rings. The fraction of sp³-hybridized carbons (Fsp3) is 0.917. The zero-order valence-electron chi connectivity index (χ0n) is 10.7. The van der Waals surface area contributed by atoms with Gasteiger partial charge >= 0.3 is 0 Å². The smallest absolute Gasteiger partial charge is 0.234 e. The minimum Gasteiger partial charge on any atom is -0.353 e. The highest BCUT2D eigenvalue weighted by molar-refractivity contribution is 5.78. The van der Waals surface area contributed by atoms with Crippen molar-refractivity contribution in [1.29, 1.82) is 0 Å². The third-order valence-electron chi connectivity index (χ3n) is 2.26. The van der Waals surface area contributed by atoms with Crippen LogP contribution in [0.25, 0.3) is 0 Å². The molecule has 0 radical (unpaired) electrons. The molecule has 3 heteroatoms. The summed E-state index contributed by atoms with van der Waals surface area (Å²) >= 11 is 0.